The van der Waals surface area contributed by atoms with E-state index in [2.05, 4.69) is 9.73 Å². The van der Waals surface area contributed by atoms with Gasteiger partial charge in [-0.25, -0.2) is 4.79 Å². The summed E-state index contributed by atoms with van der Waals surface area (Å²) in [5.74, 6) is -0.297. The Bertz CT molecular complexity index is 383. The standard InChI is InChI=1S/C10H9NO2/c1-13-10(12)8-2-3-9-7(6-8)4-5-11-9/h2-3,5-6H,4H2,1H3. The highest BCUT2D eigenvalue weighted by atomic mass is 16.5. The van der Waals surface area contributed by atoms with Crippen molar-refractivity contribution in [2.24, 2.45) is 4.99 Å². The van der Waals surface area contributed by atoms with E-state index in [-0.39, 0.29) is 5.97 Å². The summed E-state index contributed by atoms with van der Waals surface area (Å²) in [6.07, 6.45) is 2.64. The molecule has 0 saturated carbocycles. The first-order valence-corrected chi connectivity index (χ1v) is 4.05. The van der Waals surface area contributed by atoms with Crippen molar-refractivity contribution in [1.29, 1.82) is 0 Å². The lowest BCUT2D eigenvalue weighted by atomic mass is 10.1. The molecule has 13 heavy (non-hydrogen) atoms. The molecule has 66 valence electrons. The lowest BCUT2D eigenvalue weighted by Gasteiger charge is -2.01. The van der Waals surface area contributed by atoms with Gasteiger partial charge < -0.3 is 4.74 Å². The predicted octanol–water partition coefficient (Wildman–Crippen LogP) is 1.73. The highest BCUT2D eigenvalue weighted by molar-refractivity contribution is 5.91. The van der Waals surface area contributed by atoms with Gasteiger partial charge in [-0.1, -0.05) is 0 Å². The first-order valence-electron chi connectivity index (χ1n) is 4.05. The Hall–Kier alpha value is -1.64. The number of methoxy groups -OCH3 is 1. The Kier molecular flexibility index (Phi) is 1.85. The van der Waals surface area contributed by atoms with E-state index in [0.29, 0.717) is 5.56 Å². The number of carbonyl (C=O) groups is 1. The molecule has 0 bridgehead atoms. The van der Waals surface area contributed by atoms with Crippen LogP contribution >= 0.6 is 0 Å². The summed E-state index contributed by atoms with van der Waals surface area (Å²) in [6, 6.07) is 5.40. The number of benzene rings is 1. The van der Waals surface area contributed by atoms with Gasteiger partial charge in [0.1, 0.15) is 0 Å². The Labute approximate surface area is 76.1 Å². The Balaban J connectivity index is 2.38. The summed E-state index contributed by atoms with van der Waals surface area (Å²) in [6.45, 7) is 0. The van der Waals surface area contributed by atoms with Crippen LogP contribution in [0.25, 0.3) is 0 Å². The zero-order valence-corrected chi connectivity index (χ0v) is 7.28. The van der Waals surface area contributed by atoms with Gasteiger partial charge in [-0.2, -0.15) is 0 Å². The smallest absolute Gasteiger partial charge is 0.337 e. The molecule has 0 unspecified atom stereocenters. The molecule has 1 aliphatic heterocycles. The number of ether oxygens (including phenoxy) is 1. The quantitative estimate of drug-likeness (QED) is 0.610. The Morgan fingerprint density at radius 3 is 3.15 bits per heavy atom. The SMILES string of the molecule is COC(=O)c1ccc2c(c1)CC=N2. The monoisotopic (exact) mass is 175 g/mol. The van der Waals surface area contributed by atoms with Crippen LogP contribution in [0, 0.1) is 0 Å². The van der Waals surface area contributed by atoms with E-state index in [1.165, 1.54) is 7.11 Å². The van der Waals surface area contributed by atoms with Crippen LogP contribution in [-0.4, -0.2) is 19.3 Å². The van der Waals surface area contributed by atoms with Crippen molar-refractivity contribution in [3.8, 4) is 0 Å². The minimum Gasteiger partial charge on any atom is -0.465 e. The van der Waals surface area contributed by atoms with Crippen molar-refractivity contribution >= 4 is 17.9 Å². The highest BCUT2D eigenvalue weighted by Gasteiger charge is 2.11. The van der Waals surface area contributed by atoms with Crippen molar-refractivity contribution in [3.05, 3.63) is 29.3 Å². The Morgan fingerprint density at radius 2 is 2.38 bits per heavy atom. The van der Waals surface area contributed by atoms with Crippen LogP contribution in [-0.2, 0) is 11.2 Å². The van der Waals surface area contributed by atoms with E-state index in [1.807, 2.05) is 18.3 Å². The molecule has 1 aliphatic rings. The van der Waals surface area contributed by atoms with Crippen molar-refractivity contribution < 1.29 is 9.53 Å². The third-order valence-corrected chi connectivity index (χ3v) is 2.04. The second kappa shape index (κ2) is 3.01. The fourth-order valence-electron chi connectivity index (χ4n) is 1.36. The van der Waals surface area contributed by atoms with E-state index < -0.39 is 0 Å². The molecule has 0 fully saturated rings. The third kappa shape index (κ3) is 1.33. The zero-order chi connectivity index (χ0) is 9.26. The molecule has 0 N–H and O–H groups in total. The fourth-order valence-corrected chi connectivity index (χ4v) is 1.36. The maximum absolute atomic E-state index is 11.2. The van der Waals surface area contributed by atoms with E-state index in [1.54, 1.807) is 6.07 Å². The van der Waals surface area contributed by atoms with Crippen molar-refractivity contribution in [3.63, 3.8) is 0 Å². The topological polar surface area (TPSA) is 38.7 Å². The number of esters is 1. The van der Waals surface area contributed by atoms with Crippen LogP contribution < -0.4 is 0 Å². The molecular weight excluding hydrogens is 166 g/mol. The van der Waals surface area contributed by atoms with Gasteiger partial charge in [0.05, 0.1) is 18.4 Å². The maximum atomic E-state index is 11.2. The van der Waals surface area contributed by atoms with Crippen molar-refractivity contribution in [1.82, 2.24) is 0 Å². The van der Waals surface area contributed by atoms with Crippen LogP contribution in [0.3, 0.4) is 0 Å². The molecule has 1 aromatic rings. The number of hydrogen-bond donors (Lipinski definition) is 0. The lowest BCUT2D eigenvalue weighted by Crippen LogP contribution is -2.01. The van der Waals surface area contributed by atoms with Gasteiger partial charge in [0.25, 0.3) is 0 Å². The number of fused-ring (bicyclic) bond motifs is 1. The van der Waals surface area contributed by atoms with Crippen LogP contribution in [0.1, 0.15) is 15.9 Å². The fraction of sp³-hybridized carbons (Fsp3) is 0.200. The summed E-state index contributed by atoms with van der Waals surface area (Å²) >= 11 is 0. The summed E-state index contributed by atoms with van der Waals surface area (Å²) in [5.41, 5.74) is 2.63. The lowest BCUT2D eigenvalue weighted by molar-refractivity contribution is 0.0600. The molecule has 0 spiro atoms. The van der Waals surface area contributed by atoms with Gasteiger partial charge in [-0.3, -0.25) is 4.99 Å². The molecule has 2 rings (SSSR count). The number of rotatable bonds is 1. The molecule has 0 radical (unpaired) electrons. The van der Waals surface area contributed by atoms with Gasteiger partial charge >= 0.3 is 5.97 Å². The predicted molar refractivity (Wildman–Crippen MR) is 49.6 cm³/mol. The molecule has 3 nitrogen and oxygen atoms in total. The van der Waals surface area contributed by atoms with E-state index in [9.17, 15) is 4.79 Å². The summed E-state index contributed by atoms with van der Waals surface area (Å²) in [5, 5.41) is 0. The third-order valence-electron chi connectivity index (χ3n) is 2.04. The molecule has 0 aliphatic carbocycles. The molecule has 0 amide bonds. The van der Waals surface area contributed by atoms with Crippen LogP contribution in [0.2, 0.25) is 0 Å². The van der Waals surface area contributed by atoms with Crippen molar-refractivity contribution in [2.45, 2.75) is 6.42 Å². The number of aliphatic imine (C=N–C) groups is 1. The molecule has 0 atom stereocenters. The van der Waals surface area contributed by atoms with Gasteiger partial charge in [-0.05, 0) is 23.8 Å². The van der Waals surface area contributed by atoms with E-state index >= 15 is 0 Å². The van der Waals surface area contributed by atoms with Crippen LogP contribution in [0.15, 0.2) is 23.2 Å². The minimum absolute atomic E-state index is 0.297. The average molecular weight is 175 g/mol. The van der Waals surface area contributed by atoms with Gasteiger partial charge in [-0.15, -0.1) is 0 Å². The normalized spacial score (nSPS) is 12.7. The molecule has 1 heterocycles. The first kappa shape index (κ1) is 7.98. The summed E-state index contributed by atoms with van der Waals surface area (Å²) in [4.78, 5) is 15.3. The highest BCUT2D eigenvalue weighted by Crippen LogP contribution is 2.24. The van der Waals surface area contributed by atoms with E-state index in [4.69, 9.17) is 0 Å². The van der Waals surface area contributed by atoms with E-state index in [0.717, 1.165) is 17.7 Å². The van der Waals surface area contributed by atoms with Gasteiger partial charge in [0.2, 0.25) is 0 Å². The largest absolute Gasteiger partial charge is 0.465 e. The number of hydrogen-bond acceptors (Lipinski definition) is 3. The van der Waals surface area contributed by atoms with Gasteiger partial charge in [0, 0.05) is 12.6 Å². The second-order valence-electron chi connectivity index (χ2n) is 2.85. The van der Waals surface area contributed by atoms with Crippen molar-refractivity contribution in [2.75, 3.05) is 7.11 Å². The molecule has 3 heteroatoms. The molecular formula is C10H9NO2. The van der Waals surface area contributed by atoms with Gasteiger partial charge in [0.15, 0.2) is 0 Å². The first-order chi connectivity index (χ1) is 6.31. The summed E-state index contributed by atoms with van der Waals surface area (Å²) < 4.78 is 4.62. The Morgan fingerprint density at radius 1 is 1.54 bits per heavy atom. The van der Waals surface area contributed by atoms with Crippen LogP contribution in [0.4, 0.5) is 5.69 Å². The second-order valence-corrected chi connectivity index (χ2v) is 2.85. The average Bonchev–Trinajstić information content (AvgIpc) is 2.63. The summed E-state index contributed by atoms with van der Waals surface area (Å²) in [7, 11) is 1.38. The molecule has 0 saturated heterocycles. The number of nitrogens with zero attached hydrogens (tertiary/aromatic N) is 1. The minimum atomic E-state index is -0.297. The molecule has 0 aromatic heterocycles. The van der Waals surface area contributed by atoms with Crippen LogP contribution in [0.5, 0.6) is 0 Å². The number of carbonyl (C=O) groups excluding carboxylic acids is 1. The maximum Gasteiger partial charge on any atom is 0.337 e. The zero-order valence-electron chi connectivity index (χ0n) is 7.28. The molecule has 1 aromatic carbocycles.